The maximum atomic E-state index is 14.5. The Bertz CT molecular complexity index is 2750. The van der Waals surface area contributed by atoms with E-state index in [1.807, 2.05) is 0 Å². The molecule has 0 saturated heterocycles. The Kier molecular flexibility index (Phi) is 43.4. The number of primary amides is 1. The average molecular weight is 1410 g/mol. The van der Waals surface area contributed by atoms with Gasteiger partial charge in [0.25, 0.3) is 0 Å². The van der Waals surface area contributed by atoms with Crippen LogP contribution in [0.2, 0.25) is 0 Å². The molecule has 0 aromatic heterocycles. The SMILES string of the molecule is CC[C@H](C)[C@H](NC(=O)[C@H](CCCCN)NC(=O)[C@H](CCSC)NC(=O)[C@H](CCCCN)NC(=O)[C@H](CCCCN)NC(=O)[C@@H](N)CCC(=O)O)C(=O)N[C@@H](CC(C)C)C(=O)N[C@@H](CC(C)C)C(=O)NCC(=O)NCC(=O)N[C@@H](Cc1ccc(O)cc1)C(=O)N[C@@H](CCC(N)=O)C(=O)O. The number of phenols is 1. The number of carbonyl (C=O) groups is 14. The number of hydrogen-bond donors (Lipinski definition) is 19. The first kappa shape index (κ1) is 87.8. The number of unbranched alkanes of at least 4 members (excludes halogenated alkanes) is 3. The topological polar surface area (TPSA) is 562 Å². The van der Waals surface area contributed by atoms with Gasteiger partial charge in [0.05, 0.1) is 19.1 Å². The molecule has 0 radical (unpaired) electrons. The van der Waals surface area contributed by atoms with E-state index >= 15 is 0 Å². The molecule has 1 aromatic carbocycles. The van der Waals surface area contributed by atoms with E-state index in [2.05, 4.69) is 58.5 Å². The number of carbonyl (C=O) groups excluding carboxylic acids is 12. The highest BCUT2D eigenvalue weighted by Gasteiger charge is 2.37. The van der Waals surface area contributed by atoms with E-state index in [0.717, 1.165) is 0 Å². The molecule has 34 heteroatoms. The molecule has 0 unspecified atom stereocenters. The normalized spacial score (nSPS) is 14.5. The zero-order valence-corrected chi connectivity index (χ0v) is 58.5. The zero-order valence-electron chi connectivity index (χ0n) is 57.6. The maximum absolute atomic E-state index is 14.5. The van der Waals surface area contributed by atoms with Gasteiger partial charge >= 0.3 is 11.9 Å². The van der Waals surface area contributed by atoms with Gasteiger partial charge in [-0.1, -0.05) is 60.1 Å². The first-order valence-electron chi connectivity index (χ1n) is 33.4. The Morgan fingerprint density at radius 3 is 1.33 bits per heavy atom. The molecule has 33 nitrogen and oxygen atoms in total. The smallest absolute Gasteiger partial charge is 0.326 e. The van der Waals surface area contributed by atoms with Gasteiger partial charge in [-0.15, -0.1) is 0 Å². The zero-order chi connectivity index (χ0) is 74.0. The number of phenolic OH excluding ortho intramolecular Hbond substituents is 1. The van der Waals surface area contributed by atoms with Gasteiger partial charge in [-0.25, -0.2) is 4.79 Å². The highest BCUT2D eigenvalue weighted by atomic mass is 32.2. The number of aliphatic carboxylic acids is 2. The van der Waals surface area contributed by atoms with E-state index in [1.54, 1.807) is 47.8 Å². The van der Waals surface area contributed by atoms with E-state index < -0.39 is 169 Å². The highest BCUT2D eigenvalue weighted by Crippen LogP contribution is 2.17. The summed E-state index contributed by atoms with van der Waals surface area (Å²) in [7, 11) is 0. The fraction of sp³-hybridized carbons (Fsp3) is 0.688. The summed E-state index contributed by atoms with van der Waals surface area (Å²) in [6.45, 7) is 10.0. The molecule has 0 aliphatic rings. The largest absolute Gasteiger partial charge is 0.508 e. The fourth-order valence-electron chi connectivity index (χ4n) is 9.86. The number of benzene rings is 1. The molecule has 554 valence electrons. The maximum Gasteiger partial charge on any atom is 0.326 e. The summed E-state index contributed by atoms with van der Waals surface area (Å²) in [6, 6.07) is -7.45. The van der Waals surface area contributed by atoms with Gasteiger partial charge < -0.3 is 102 Å². The van der Waals surface area contributed by atoms with E-state index in [0.29, 0.717) is 56.3 Å². The molecule has 24 N–H and O–H groups in total. The van der Waals surface area contributed by atoms with Crippen LogP contribution in [-0.4, -0.2) is 203 Å². The summed E-state index contributed by atoms with van der Waals surface area (Å²) in [5.74, 6) is -13.0. The van der Waals surface area contributed by atoms with E-state index in [4.69, 9.17) is 33.8 Å². The number of nitrogens with one attached hydrogen (secondary N) is 11. The Labute approximate surface area is 577 Å². The predicted octanol–water partition coefficient (Wildman–Crippen LogP) is -2.65. The van der Waals surface area contributed by atoms with Crippen molar-refractivity contribution in [1.82, 2.24) is 58.5 Å². The van der Waals surface area contributed by atoms with Gasteiger partial charge in [0.2, 0.25) is 70.9 Å². The summed E-state index contributed by atoms with van der Waals surface area (Å²) in [4.78, 5) is 187. The molecule has 0 aliphatic heterocycles. The molecular formula is C64H110N16O17S. The van der Waals surface area contributed by atoms with Gasteiger partial charge in [0.15, 0.2) is 0 Å². The molecule has 1 aromatic rings. The minimum atomic E-state index is -1.55. The molecule has 0 spiro atoms. The average Bonchev–Trinajstić information content (AvgIpc) is 0.897. The number of rotatable bonds is 52. The summed E-state index contributed by atoms with van der Waals surface area (Å²) >= 11 is 1.37. The lowest BCUT2D eigenvalue weighted by Crippen LogP contribution is -2.61. The van der Waals surface area contributed by atoms with Crippen LogP contribution in [0.15, 0.2) is 24.3 Å². The van der Waals surface area contributed by atoms with Crippen LogP contribution in [0.5, 0.6) is 5.75 Å². The van der Waals surface area contributed by atoms with Gasteiger partial charge in [0.1, 0.15) is 60.1 Å². The number of hydrogen-bond acceptors (Lipinski definition) is 20. The van der Waals surface area contributed by atoms with Crippen molar-refractivity contribution < 1.29 is 82.4 Å². The van der Waals surface area contributed by atoms with E-state index in [9.17, 15) is 77.3 Å². The van der Waals surface area contributed by atoms with Crippen LogP contribution in [0, 0.1) is 17.8 Å². The highest BCUT2D eigenvalue weighted by molar-refractivity contribution is 7.98. The molecule has 12 amide bonds. The molecule has 98 heavy (non-hydrogen) atoms. The predicted molar refractivity (Wildman–Crippen MR) is 366 cm³/mol. The van der Waals surface area contributed by atoms with Crippen molar-refractivity contribution >= 4 is 94.6 Å². The number of aromatic hydroxyl groups is 1. The second kappa shape index (κ2) is 48.5. The van der Waals surface area contributed by atoms with Crippen molar-refractivity contribution in [2.75, 3.05) is 44.7 Å². The van der Waals surface area contributed by atoms with Crippen LogP contribution >= 0.6 is 11.8 Å². The van der Waals surface area contributed by atoms with Gasteiger partial charge in [-0.3, -0.25) is 62.3 Å². The van der Waals surface area contributed by atoms with Crippen molar-refractivity contribution in [3.63, 3.8) is 0 Å². The Hall–Kier alpha value is -8.21. The van der Waals surface area contributed by atoms with Crippen molar-refractivity contribution in [3.8, 4) is 5.75 Å². The summed E-state index contributed by atoms with van der Waals surface area (Å²) < 4.78 is 0. The van der Waals surface area contributed by atoms with Crippen molar-refractivity contribution in [2.45, 2.75) is 218 Å². The molecule has 0 aliphatic carbocycles. The Balaban J connectivity index is 3.41. The Morgan fingerprint density at radius 1 is 0.459 bits per heavy atom. The molecule has 0 heterocycles. The number of carboxylic acids is 2. The number of nitrogens with two attached hydrogens (primary N) is 5. The number of amides is 12. The molecule has 0 saturated carbocycles. The third-order valence-corrected chi connectivity index (χ3v) is 16.3. The summed E-state index contributed by atoms with van der Waals surface area (Å²) in [6.07, 6.45) is 3.56. The van der Waals surface area contributed by atoms with Crippen LogP contribution in [0.1, 0.15) is 156 Å². The third kappa shape index (κ3) is 36.4. The van der Waals surface area contributed by atoms with Crippen LogP contribution in [-0.2, 0) is 73.5 Å². The van der Waals surface area contributed by atoms with Crippen molar-refractivity contribution in [1.29, 1.82) is 0 Å². The Morgan fingerprint density at radius 2 is 0.878 bits per heavy atom. The lowest BCUT2D eigenvalue weighted by Gasteiger charge is -2.30. The van der Waals surface area contributed by atoms with E-state index in [1.165, 1.54) is 36.0 Å². The van der Waals surface area contributed by atoms with Crippen LogP contribution in [0.4, 0.5) is 0 Å². The molecular weight excluding hydrogens is 1300 g/mol. The number of carboxylic acid groups (broad SMARTS) is 2. The second-order valence-electron chi connectivity index (χ2n) is 25.1. The third-order valence-electron chi connectivity index (χ3n) is 15.7. The standard InChI is InChI=1S/C64H110N16O17S/c1-8-38(6)54(80-60(92)44(17-11-14-29-67)75-59(91)45(26-30-98-7)76-58(90)43(16-10-13-28-66)74-57(89)42(15-9-12-27-65)73-55(87)41(68)22-25-53(85)86)63(95)79-48(32-37(4)5)61(93)78-47(31-36(2)3)56(88)71-34-51(83)70-35-52(84)72-49(33-39-18-20-40(81)21-19-39)62(94)77-46(64(96)97)23-24-50(69)82/h18-21,36-38,41-49,54,81H,8-17,22-35,65-68H2,1-7H3,(H2,69,82)(H,70,83)(H,71,88)(H,72,84)(H,73,87)(H,74,89)(H,75,91)(H,76,90)(H,77,94)(H,78,93)(H,79,95)(H,80,92)(H,85,86)(H,96,97)/t38-,41-,42-,43-,44-,45-,46-,47-,48-,49-,54-/m0/s1. The summed E-state index contributed by atoms with van der Waals surface area (Å²) in [5.41, 5.74) is 28.9. The molecule has 1 rings (SSSR count). The molecule has 0 bridgehead atoms. The van der Waals surface area contributed by atoms with Gasteiger partial charge in [-0.2, -0.15) is 11.8 Å². The van der Waals surface area contributed by atoms with E-state index in [-0.39, 0.29) is 101 Å². The summed E-state index contributed by atoms with van der Waals surface area (Å²) in [5, 5.41) is 57.1. The second-order valence-corrected chi connectivity index (χ2v) is 26.0. The first-order chi connectivity index (χ1) is 46.3. The minimum absolute atomic E-state index is 0.0423. The lowest BCUT2D eigenvalue weighted by atomic mass is 9.95. The van der Waals surface area contributed by atoms with Crippen molar-refractivity contribution in [2.24, 2.45) is 46.4 Å². The number of thioether (sulfide) groups is 1. The van der Waals surface area contributed by atoms with Gasteiger partial charge in [0, 0.05) is 19.3 Å². The molecule has 0 fully saturated rings. The van der Waals surface area contributed by atoms with Gasteiger partial charge in [-0.05, 0) is 157 Å². The fourth-order valence-corrected chi connectivity index (χ4v) is 10.3. The molecule has 11 atom stereocenters. The van der Waals surface area contributed by atoms with Crippen LogP contribution < -0.4 is 87.2 Å². The first-order valence-corrected chi connectivity index (χ1v) is 34.8. The van der Waals surface area contributed by atoms with Crippen LogP contribution in [0.3, 0.4) is 0 Å². The van der Waals surface area contributed by atoms with Crippen LogP contribution in [0.25, 0.3) is 0 Å². The monoisotopic (exact) mass is 1410 g/mol. The lowest BCUT2D eigenvalue weighted by molar-refractivity contribution is -0.142. The van der Waals surface area contributed by atoms with Crippen molar-refractivity contribution in [3.05, 3.63) is 29.8 Å². The quantitative estimate of drug-likeness (QED) is 0.0296. The minimum Gasteiger partial charge on any atom is -0.508 e.